The van der Waals surface area contributed by atoms with Crippen molar-refractivity contribution in [2.75, 3.05) is 0 Å². The molecule has 4 nitrogen and oxygen atoms in total. The van der Waals surface area contributed by atoms with Crippen LogP contribution in [0.15, 0.2) is 18.2 Å². The standard InChI is InChI=1S/C15H18F2N2O2/c1-8(2)13-15(21)19(9(3)14(20)18-13)7-10-4-11(16)6-12(17)5-10/h4-6,8-9,13H,7H2,1-3H3,(H,18,20). The van der Waals surface area contributed by atoms with Crippen LogP contribution in [0.2, 0.25) is 0 Å². The van der Waals surface area contributed by atoms with Crippen molar-refractivity contribution in [2.24, 2.45) is 5.92 Å². The molecule has 0 bridgehead atoms. The average Bonchev–Trinajstić information content (AvgIpc) is 2.37. The molecule has 1 aromatic carbocycles. The monoisotopic (exact) mass is 296 g/mol. The number of amides is 2. The molecule has 2 rings (SSSR count). The summed E-state index contributed by atoms with van der Waals surface area (Å²) < 4.78 is 26.5. The third-order valence-corrected chi connectivity index (χ3v) is 3.64. The highest BCUT2D eigenvalue weighted by Gasteiger charge is 2.39. The van der Waals surface area contributed by atoms with Crippen LogP contribution in [0, 0.1) is 17.6 Å². The quantitative estimate of drug-likeness (QED) is 0.925. The van der Waals surface area contributed by atoms with Gasteiger partial charge in [-0.15, -0.1) is 0 Å². The molecule has 1 heterocycles. The van der Waals surface area contributed by atoms with Crippen molar-refractivity contribution >= 4 is 11.8 Å². The molecule has 2 amide bonds. The first kappa shape index (κ1) is 15.4. The molecule has 0 aromatic heterocycles. The fourth-order valence-corrected chi connectivity index (χ4v) is 2.41. The van der Waals surface area contributed by atoms with E-state index in [1.165, 1.54) is 17.0 Å². The van der Waals surface area contributed by atoms with Gasteiger partial charge < -0.3 is 10.2 Å². The molecule has 1 N–H and O–H groups in total. The van der Waals surface area contributed by atoms with E-state index in [4.69, 9.17) is 0 Å². The van der Waals surface area contributed by atoms with Gasteiger partial charge >= 0.3 is 0 Å². The van der Waals surface area contributed by atoms with Crippen LogP contribution in [0.1, 0.15) is 26.3 Å². The molecule has 0 spiro atoms. The lowest BCUT2D eigenvalue weighted by Gasteiger charge is -2.38. The van der Waals surface area contributed by atoms with Crippen LogP contribution < -0.4 is 5.32 Å². The summed E-state index contributed by atoms with van der Waals surface area (Å²) >= 11 is 0. The summed E-state index contributed by atoms with van der Waals surface area (Å²) in [6, 6.07) is 1.83. The molecule has 1 saturated heterocycles. The Kier molecular flexibility index (Phi) is 4.25. The Morgan fingerprint density at radius 2 is 1.76 bits per heavy atom. The molecule has 2 unspecified atom stereocenters. The Morgan fingerprint density at radius 3 is 2.29 bits per heavy atom. The maximum absolute atomic E-state index is 13.2. The van der Waals surface area contributed by atoms with E-state index in [1.54, 1.807) is 6.92 Å². The Hall–Kier alpha value is -1.98. The fraction of sp³-hybridized carbons (Fsp3) is 0.467. The summed E-state index contributed by atoms with van der Waals surface area (Å²) in [5, 5.41) is 2.68. The molecule has 6 heteroatoms. The molecular weight excluding hydrogens is 278 g/mol. The fourth-order valence-electron chi connectivity index (χ4n) is 2.41. The first-order valence-electron chi connectivity index (χ1n) is 6.85. The van der Waals surface area contributed by atoms with Gasteiger partial charge in [-0.25, -0.2) is 8.78 Å². The van der Waals surface area contributed by atoms with Gasteiger partial charge in [-0.2, -0.15) is 0 Å². The zero-order valence-corrected chi connectivity index (χ0v) is 12.2. The van der Waals surface area contributed by atoms with Gasteiger partial charge in [0.2, 0.25) is 11.8 Å². The van der Waals surface area contributed by atoms with E-state index in [2.05, 4.69) is 5.32 Å². The van der Waals surface area contributed by atoms with Crippen LogP contribution in [-0.4, -0.2) is 28.8 Å². The van der Waals surface area contributed by atoms with E-state index in [1.807, 2.05) is 13.8 Å². The summed E-state index contributed by atoms with van der Waals surface area (Å²) in [7, 11) is 0. The lowest BCUT2D eigenvalue weighted by molar-refractivity contribution is -0.150. The van der Waals surface area contributed by atoms with E-state index in [0.29, 0.717) is 5.56 Å². The van der Waals surface area contributed by atoms with Gasteiger partial charge in [0.15, 0.2) is 0 Å². The molecular formula is C15H18F2N2O2. The summed E-state index contributed by atoms with van der Waals surface area (Å²) in [5.41, 5.74) is 0.324. The number of carbonyl (C=O) groups excluding carboxylic acids is 2. The van der Waals surface area contributed by atoms with Crippen molar-refractivity contribution in [3.8, 4) is 0 Å². The summed E-state index contributed by atoms with van der Waals surface area (Å²) in [6.07, 6.45) is 0. The molecule has 21 heavy (non-hydrogen) atoms. The van der Waals surface area contributed by atoms with Crippen LogP contribution in [0.3, 0.4) is 0 Å². The van der Waals surface area contributed by atoms with E-state index in [0.717, 1.165) is 6.07 Å². The SMILES string of the molecule is CC(C)C1NC(=O)C(C)N(Cc2cc(F)cc(F)c2)C1=O. The molecule has 114 valence electrons. The van der Waals surface area contributed by atoms with Crippen molar-refractivity contribution in [3.63, 3.8) is 0 Å². The Bertz CT molecular complexity index is 555. The second-order valence-electron chi connectivity index (χ2n) is 5.65. The smallest absolute Gasteiger partial charge is 0.246 e. The zero-order valence-electron chi connectivity index (χ0n) is 12.2. The molecule has 0 radical (unpaired) electrons. The summed E-state index contributed by atoms with van der Waals surface area (Å²) in [6.45, 7) is 5.27. The first-order valence-corrected chi connectivity index (χ1v) is 6.85. The van der Waals surface area contributed by atoms with Gasteiger partial charge in [-0.05, 0) is 30.5 Å². The lowest BCUT2D eigenvalue weighted by Crippen LogP contribution is -2.63. The molecule has 0 saturated carbocycles. The minimum atomic E-state index is -0.702. The van der Waals surface area contributed by atoms with Gasteiger partial charge in [0.05, 0.1) is 0 Å². The highest BCUT2D eigenvalue weighted by Crippen LogP contribution is 2.19. The van der Waals surface area contributed by atoms with Crippen molar-refractivity contribution in [3.05, 3.63) is 35.4 Å². The topological polar surface area (TPSA) is 49.4 Å². The molecule has 2 atom stereocenters. The molecule has 1 aliphatic rings. The van der Waals surface area contributed by atoms with E-state index >= 15 is 0 Å². The number of rotatable bonds is 3. The van der Waals surface area contributed by atoms with Crippen LogP contribution in [0.4, 0.5) is 8.78 Å². The van der Waals surface area contributed by atoms with Crippen LogP contribution in [0.25, 0.3) is 0 Å². The molecule has 1 aliphatic heterocycles. The normalized spacial score (nSPS) is 22.7. The Labute approximate surface area is 122 Å². The van der Waals surface area contributed by atoms with Gasteiger partial charge in [0.25, 0.3) is 0 Å². The second kappa shape index (κ2) is 5.79. The van der Waals surface area contributed by atoms with E-state index in [9.17, 15) is 18.4 Å². The minimum Gasteiger partial charge on any atom is -0.342 e. The van der Waals surface area contributed by atoms with Crippen molar-refractivity contribution in [1.82, 2.24) is 10.2 Å². The number of carbonyl (C=O) groups is 2. The van der Waals surface area contributed by atoms with Gasteiger partial charge in [-0.1, -0.05) is 13.8 Å². The third-order valence-electron chi connectivity index (χ3n) is 3.64. The third kappa shape index (κ3) is 3.20. The largest absolute Gasteiger partial charge is 0.342 e. The van der Waals surface area contributed by atoms with Gasteiger partial charge in [0.1, 0.15) is 23.7 Å². The van der Waals surface area contributed by atoms with Crippen LogP contribution in [-0.2, 0) is 16.1 Å². The number of hydrogen-bond acceptors (Lipinski definition) is 2. The molecule has 1 fully saturated rings. The maximum Gasteiger partial charge on any atom is 0.246 e. The molecule has 1 aromatic rings. The second-order valence-corrected chi connectivity index (χ2v) is 5.65. The first-order chi connectivity index (χ1) is 9.79. The number of nitrogens with one attached hydrogen (secondary N) is 1. The van der Waals surface area contributed by atoms with Gasteiger partial charge in [0, 0.05) is 12.6 Å². The van der Waals surface area contributed by atoms with Crippen molar-refractivity contribution in [2.45, 2.75) is 39.4 Å². The van der Waals surface area contributed by atoms with Crippen LogP contribution >= 0.6 is 0 Å². The highest BCUT2D eigenvalue weighted by molar-refractivity contribution is 5.96. The summed E-state index contributed by atoms with van der Waals surface area (Å²) in [5.74, 6) is -1.95. The minimum absolute atomic E-state index is 0.00528. The number of nitrogens with zero attached hydrogens (tertiary/aromatic N) is 1. The van der Waals surface area contributed by atoms with E-state index < -0.39 is 23.7 Å². The van der Waals surface area contributed by atoms with Crippen molar-refractivity contribution < 1.29 is 18.4 Å². The number of benzene rings is 1. The van der Waals surface area contributed by atoms with E-state index in [-0.39, 0.29) is 24.3 Å². The molecule has 0 aliphatic carbocycles. The predicted molar refractivity (Wildman–Crippen MR) is 73.1 cm³/mol. The summed E-state index contributed by atoms with van der Waals surface area (Å²) in [4.78, 5) is 25.7. The van der Waals surface area contributed by atoms with Crippen molar-refractivity contribution in [1.29, 1.82) is 0 Å². The lowest BCUT2D eigenvalue weighted by atomic mass is 9.98. The number of piperazine rings is 1. The predicted octanol–water partition coefficient (Wildman–Crippen LogP) is 1.84. The zero-order chi connectivity index (χ0) is 15.7. The Balaban J connectivity index is 2.27. The highest BCUT2D eigenvalue weighted by atomic mass is 19.1. The number of halogens is 2. The van der Waals surface area contributed by atoms with Gasteiger partial charge in [-0.3, -0.25) is 9.59 Å². The Morgan fingerprint density at radius 1 is 1.19 bits per heavy atom. The van der Waals surface area contributed by atoms with Crippen LogP contribution in [0.5, 0.6) is 0 Å². The maximum atomic E-state index is 13.2. The average molecular weight is 296 g/mol. The number of hydrogen-bond donors (Lipinski definition) is 1.